The van der Waals surface area contributed by atoms with E-state index in [0.29, 0.717) is 13.0 Å². The molecule has 1 saturated carbocycles. The number of hydrogen-bond donors (Lipinski definition) is 4. The first-order valence-electron chi connectivity index (χ1n) is 15.6. The predicted molar refractivity (Wildman–Crippen MR) is 166 cm³/mol. The minimum absolute atomic E-state index is 0.0156. The predicted octanol–water partition coefficient (Wildman–Crippen LogP) is 4.56. The maximum atomic E-state index is 15.9. The maximum Gasteiger partial charge on any atom is 0.408 e. The van der Waals surface area contributed by atoms with Crippen LogP contribution in [0.4, 0.5) is 13.6 Å². The molecule has 2 fully saturated rings. The van der Waals surface area contributed by atoms with Crippen LogP contribution in [0.3, 0.4) is 0 Å². The summed E-state index contributed by atoms with van der Waals surface area (Å²) >= 11 is 5.99. The summed E-state index contributed by atoms with van der Waals surface area (Å²) in [6.07, 6.45) is 0.578. The fourth-order valence-electron chi connectivity index (χ4n) is 5.98. The fraction of sp³-hybridized carbons (Fsp3) is 0.485. The average Bonchev–Trinajstić information content (AvgIpc) is 3.70. The second-order valence-electron chi connectivity index (χ2n) is 11.7. The van der Waals surface area contributed by atoms with E-state index in [4.69, 9.17) is 16.3 Å². The largest absolute Gasteiger partial charge is 0.434 e. The topological polar surface area (TPSA) is 143 Å². The van der Waals surface area contributed by atoms with Crippen molar-refractivity contribution in [3.05, 3.63) is 70.7 Å². The number of rotatable bonds is 14. The molecule has 0 aromatic heterocycles. The van der Waals surface area contributed by atoms with Crippen molar-refractivity contribution >= 4 is 41.2 Å². The first kappa shape index (κ1) is 34.8. The Morgan fingerprint density at radius 2 is 1.70 bits per heavy atom. The van der Waals surface area contributed by atoms with Crippen molar-refractivity contribution in [3.8, 4) is 0 Å². The van der Waals surface area contributed by atoms with Crippen LogP contribution in [-0.4, -0.2) is 54.8 Å². The van der Waals surface area contributed by atoms with Gasteiger partial charge in [-0.2, -0.15) is 8.78 Å². The molecule has 4 amide bonds. The molecule has 0 spiro atoms. The minimum atomic E-state index is -3.71. The molecule has 248 valence electrons. The summed E-state index contributed by atoms with van der Waals surface area (Å²) in [5.74, 6) is -7.19. The number of Topliss-reactive ketones (excluding diaryl/α,β-unsaturated/α-hetero) is 1. The Balaban J connectivity index is 1.57. The zero-order valence-corrected chi connectivity index (χ0v) is 26.3. The number of amides is 4. The van der Waals surface area contributed by atoms with E-state index in [1.165, 1.54) is 42.5 Å². The Morgan fingerprint density at radius 1 is 0.978 bits per heavy atom. The molecule has 4 rings (SSSR count). The van der Waals surface area contributed by atoms with Gasteiger partial charge in [-0.15, -0.1) is 0 Å². The molecule has 46 heavy (non-hydrogen) atoms. The van der Waals surface area contributed by atoms with Crippen LogP contribution < -0.4 is 21.3 Å². The van der Waals surface area contributed by atoms with Crippen LogP contribution in [0.25, 0.3) is 0 Å². The molecule has 13 heteroatoms. The SMILES string of the molecule is CCNC(=O)C(=O)[C@H](C[C@@H]1CCNC1=O)NC(=O)[C@H](CC1CCCC1)NC(=O)O[C@H](c1ccccc1)C(F)(F)c1cccc(Cl)c1. The summed E-state index contributed by atoms with van der Waals surface area (Å²) in [7, 11) is 0. The van der Waals surface area contributed by atoms with Crippen molar-refractivity contribution in [2.75, 3.05) is 13.1 Å². The van der Waals surface area contributed by atoms with Crippen molar-refractivity contribution in [2.45, 2.75) is 76.0 Å². The first-order chi connectivity index (χ1) is 22.0. The van der Waals surface area contributed by atoms with Gasteiger partial charge in [0.2, 0.25) is 17.6 Å². The highest BCUT2D eigenvalue weighted by Gasteiger charge is 2.46. The summed E-state index contributed by atoms with van der Waals surface area (Å²) in [4.78, 5) is 64.8. The van der Waals surface area contributed by atoms with Gasteiger partial charge in [-0.1, -0.05) is 79.7 Å². The van der Waals surface area contributed by atoms with Crippen molar-refractivity contribution in [2.24, 2.45) is 11.8 Å². The van der Waals surface area contributed by atoms with Gasteiger partial charge in [-0.05, 0) is 49.8 Å². The maximum absolute atomic E-state index is 15.9. The lowest BCUT2D eigenvalue weighted by Gasteiger charge is -2.29. The van der Waals surface area contributed by atoms with Gasteiger partial charge in [0, 0.05) is 29.6 Å². The molecule has 4 N–H and O–H groups in total. The van der Waals surface area contributed by atoms with Crippen LogP contribution in [0, 0.1) is 11.8 Å². The fourth-order valence-corrected chi connectivity index (χ4v) is 6.18. The normalized spacial score (nSPS) is 18.6. The third-order valence-corrected chi connectivity index (χ3v) is 8.63. The highest BCUT2D eigenvalue weighted by atomic mass is 35.5. The number of hydrogen-bond acceptors (Lipinski definition) is 6. The van der Waals surface area contributed by atoms with E-state index < -0.39 is 59.3 Å². The molecule has 0 radical (unpaired) electrons. The number of alkyl halides is 2. The highest BCUT2D eigenvalue weighted by molar-refractivity contribution is 6.38. The lowest BCUT2D eigenvalue weighted by molar-refractivity contribution is -0.141. The Hall–Kier alpha value is -4.06. The lowest BCUT2D eigenvalue weighted by Crippen LogP contribution is -2.55. The number of ether oxygens (including phenoxy) is 1. The molecule has 0 unspecified atom stereocenters. The smallest absolute Gasteiger partial charge is 0.408 e. The molecule has 4 atom stereocenters. The Labute approximate surface area is 271 Å². The van der Waals surface area contributed by atoms with Crippen LogP contribution in [0.15, 0.2) is 54.6 Å². The van der Waals surface area contributed by atoms with E-state index in [1.807, 2.05) is 0 Å². The number of ketones is 1. The van der Waals surface area contributed by atoms with Crippen LogP contribution in [0.2, 0.25) is 5.02 Å². The highest BCUT2D eigenvalue weighted by Crippen LogP contribution is 2.43. The molecular formula is C33H39ClF2N4O6. The van der Waals surface area contributed by atoms with Gasteiger partial charge >= 0.3 is 12.0 Å². The summed E-state index contributed by atoms with van der Waals surface area (Å²) in [5, 5.41) is 10.2. The Kier molecular flexibility index (Phi) is 12.1. The number of benzene rings is 2. The number of halogens is 3. The second-order valence-corrected chi connectivity index (χ2v) is 12.1. The number of carbonyl (C=O) groups is 5. The van der Waals surface area contributed by atoms with Gasteiger partial charge in [0.25, 0.3) is 5.91 Å². The Bertz CT molecular complexity index is 1410. The van der Waals surface area contributed by atoms with Crippen molar-refractivity contribution in [3.63, 3.8) is 0 Å². The lowest BCUT2D eigenvalue weighted by atomic mass is 9.94. The Morgan fingerprint density at radius 3 is 2.33 bits per heavy atom. The molecular weight excluding hydrogens is 622 g/mol. The first-order valence-corrected chi connectivity index (χ1v) is 15.9. The molecule has 0 bridgehead atoms. The van der Waals surface area contributed by atoms with Gasteiger partial charge in [-0.25, -0.2) is 4.79 Å². The van der Waals surface area contributed by atoms with Crippen LogP contribution in [-0.2, 0) is 29.8 Å². The zero-order chi connectivity index (χ0) is 33.3. The van der Waals surface area contributed by atoms with Crippen molar-refractivity contribution < 1.29 is 37.5 Å². The van der Waals surface area contributed by atoms with Crippen molar-refractivity contribution in [1.82, 2.24) is 21.3 Å². The summed E-state index contributed by atoms with van der Waals surface area (Å²) in [6.45, 7) is 2.21. The third kappa shape index (κ3) is 9.02. The van der Waals surface area contributed by atoms with E-state index in [0.717, 1.165) is 31.7 Å². The van der Waals surface area contributed by atoms with E-state index >= 15 is 8.78 Å². The van der Waals surface area contributed by atoms with Crippen molar-refractivity contribution in [1.29, 1.82) is 0 Å². The van der Waals surface area contributed by atoms with Crippen LogP contribution in [0.5, 0.6) is 0 Å². The minimum Gasteiger partial charge on any atom is -0.434 e. The van der Waals surface area contributed by atoms with Gasteiger partial charge in [-0.3, -0.25) is 19.2 Å². The van der Waals surface area contributed by atoms with Crippen LogP contribution >= 0.6 is 11.6 Å². The molecule has 1 heterocycles. The number of nitrogens with one attached hydrogen (secondary N) is 4. The number of alkyl carbamates (subject to hydrolysis) is 1. The zero-order valence-electron chi connectivity index (χ0n) is 25.5. The van der Waals surface area contributed by atoms with E-state index in [1.54, 1.807) is 13.0 Å². The van der Waals surface area contributed by atoms with E-state index in [9.17, 15) is 24.0 Å². The molecule has 10 nitrogen and oxygen atoms in total. The number of carbonyl (C=O) groups excluding carboxylic acids is 5. The standard InChI is InChI=1S/C33H39ClF2N4O6/c1-2-37-31(44)27(41)25(18-22-15-16-38-29(22)42)39-30(43)26(17-20-9-6-7-10-20)40-32(45)46-28(21-11-4-3-5-12-21)33(35,36)23-13-8-14-24(34)19-23/h3-5,8,11-14,19-20,22,25-26,28H,2,6-7,9-10,15-18H2,1H3,(H,37,44)(H,38,42)(H,39,43)(H,40,45)/t22-,25-,26-,28+/m0/s1. The molecule has 1 aliphatic carbocycles. The molecule has 2 aromatic carbocycles. The molecule has 2 aromatic rings. The van der Waals surface area contributed by atoms with Gasteiger partial charge in [0.15, 0.2) is 6.10 Å². The monoisotopic (exact) mass is 660 g/mol. The van der Waals surface area contributed by atoms with Crippen LogP contribution in [0.1, 0.15) is 69.1 Å². The molecule has 1 aliphatic heterocycles. The molecule has 2 aliphatic rings. The van der Waals surface area contributed by atoms with Gasteiger partial charge in [0.1, 0.15) is 6.04 Å². The van der Waals surface area contributed by atoms with Gasteiger partial charge in [0.05, 0.1) is 6.04 Å². The van der Waals surface area contributed by atoms with E-state index in [-0.39, 0.29) is 41.8 Å². The average molecular weight is 661 g/mol. The third-order valence-electron chi connectivity index (χ3n) is 8.40. The molecule has 1 saturated heterocycles. The van der Waals surface area contributed by atoms with Gasteiger partial charge < -0.3 is 26.0 Å². The quantitative estimate of drug-likeness (QED) is 0.219. The van der Waals surface area contributed by atoms with E-state index in [2.05, 4.69) is 21.3 Å². The summed E-state index contributed by atoms with van der Waals surface area (Å²) in [6, 6.07) is 9.95. The summed E-state index contributed by atoms with van der Waals surface area (Å²) < 4.78 is 37.3. The summed E-state index contributed by atoms with van der Waals surface area (Å²) in [5.41, 5.74) is -0.452. The second kappa shape index (κ2) is 16.0. The number of likely N-dealkylation sites (N-methyl/N-ethyl adjacent to an activating group) is 1.